The van der Waals surface area contributed by atoms with Gasteiger partial charge in [-0.2, -0.15) is 11.3 Å². The Bertz CT molecular complexity index is 798. The second kappa shape index (κ2) is 5.96. The molecular formula is C17H15N3O2S. The Morgan fingerprint density at radius 1 is 1.39 bits per heavy atom. The Balaban J connectivity index is 1.59. The van der Waals surface area contributed by atoms with Gasteiger partial charge in [0, 0.05) is 30.6 Å². The second-order valence-electron chi connectivity index (χ2n) is 5.53. The molecule has 1 unspecified atom stereocenters. The minimum absolute atomic E-state index is 0.0717. The first kappa shape index (κ1) is 14.1. The van der Waals surface area contributed by atoms with Crippen LogP contribution in [0.15, 0.2) is 51.9 Å². The molecule has 3 aromatic rings. The summed E-state index contributed by atoms with van der Waals surface area (Å²) in [5.41, 5.74) is 2.37. The number of hydrogen-bond donors (Lipinski definition) is 0. The zero-order valence-corrected chi connectivity index (χ0v) is 13.2. The lowest BCUT2D eigenvalue weighted by Crippen LogP contribution is -2.30. The van der Waals surface area contributed by atoms with Crippen molar-refractivity contribution in [2.24, 2.45) is 0 Å². The first-order chi connectivity index (χ1) is 11.3. The molecule has 4 rings (SSSR count). The van der Waals surface area contributed by atoms with Gasteiger partial charge in [-0.25, -0.2) is 0 Å². The first-order valence-corrected chi connectivity index (χ1v) is 8.47. The maximum absolute atomic E-state index is 12.8. The lowest BCUT2D eigenvalue weighted by Gasteiger charge is -2.23. The van der Waals surface area contributed by atoms with Crippen molar-refractivity contribution < 1.29 is 9.32 Å². The highest BCUT2D eigenvalue weighted by Crippen LogP contribution is 2.34. The van der Waals surface area contributed by atoms with Crippen molar-refractivity contribution in [3.05, 3.63) is 58.7 Å². The summed E-state index contributed by atoms with van der Waals surface area (Å²) in [6.45, 7) is 0.758. The van der Waals surface area contributed by atoms with Crippen molar-refractivity contribution in [1.82, 2.24) is 15.0 Å². The van der Waals surface area contributed by atoms with E-state index in [-0.39, 0.29) is 11.9 Å². The van der Waals surface area contributed by atoms with Crippen LogP contribution in [0.2, 0.25) is 0 Å². The third kappa shape index (κ3) is 2.66. The number of likely N-dealkylation sites (tertiary alicyclic amines) is 1. The molecule has 6 heteroatoms. The van der Waals surface area contributed by atoms with E-state index in [9.17, 15) is 4.79 Å². The summed E-state index contributed by atoms with van der Waals surface area (Å²) >= 11 is 1.66. The van der Waals surface area contributed by atoms with Crippen molar-refractivity contribution >= 4 is 17.2 Å². The van der Waals surface area contributed by atoms with E-state index in [2.05, 4.69) is 21.6 Å². The van der Waals surface area contributed by atoms with Crippen LogP contribution < -0.4 is 0 Å². The Morgan fingerprint density at radius 2 is 2.35 bits per heavy atom. The van der Waals surface area contributed by atoms with Crippen molar-refractivity contribution in [2.45, 2.75) is 18.9 Å². The molecule has 1 saturated heterocycles. The largest absolute Gasteiger partial charge is 0.355 e. The van der Waals surface area contributed by atoms with E-state index < -0.39 is 0 Å². The average Bonchev–Trinajstić information content (AvgIpc) is 3.34. The van der Waals surface area contributed by atoms with Gasteiger partial charge in [0.05, 0.1) is 6.04 Å². The van der Waals surface area contributed by atoms with Crippen LogP contribution in [0.3, 0.4) is 0 Å². The van der Waals surface area contributed by atoms with Crippen LogP contribution in [0.1, 0.15) is 34.9 Å². The number of nitrogens with zero attached hydrogens (tertiary/aromatic N) is 3. The number of amides is 1. The van der Waals surface area contributed by atoms with Gasteiger partial charge < -0.3 is 9.42 Å². The van der Waals surface area contributed by atoms with Gasteiger partial charge >= 0.3 is 0 Å². The summed E-state index contributed by atoms with van der Waals surface area (Å²) in [6.07, 6.45) is 5.40. The quantitative estimate of drug-likeness (QED) is 0.735. The highest BCUT2D eigenvalue weighted by Gasteiger charge is 2.32. The molecule has 0 bridgehead atoms. The Labute approximate surface area is 137 Å². The predicted octanol–water partition coefficient (Wildman–Crippen LogP) is 3.78. The fourth-order valence-electron chi connectivity index (χ4n) is 2.99. The standard InChI is InChI=1S/C17H15N3O2S/c21-17(20-7-2-4-15(20)13-5-8-23-11-13)14-9-16(22-19-14)12-3-1-6-18-10-12/h1,3,5-6,8-11,15H,2,4,7H2. The highest BCUT2D eigenvalue weighted by atomic mass is 32.1. The van der Waals surface area contributed by atoms with Crippen LogP contribution >= 0.6 is 11.3 Å². The van der Waals surface area contributed by atoms with E-state index in [4.69, 9.17) is 4.52 Å². The Morgan fingerprint density at radius 3 is 3.13 bits per heavy atom. The molecule has 1 fully saturated rings. The molecule has 5 nitrogen and oxygen atoms in total. The van der Waals surface area contributed by atoms with Crippen LogP contribution in [-0.4, -0.2) is 27.5 Å². The molecule has 3 aromatic heterocycles. The van der Waals surface area contributed by atoms with Gasteiger partial charge in [0.25, 0.3) is 5.91 Å². The minimum Gasteiger partial charge on any atom is -0.355 e. The van der Waals surface area contributed by atoms with Crippen molar-refractivity contribution in [2.75, 3.05) is 6.54 Å². The topological polar surface area (TPSA) is 59.2 Å². The number of rotatable bonds is 3. The van der Waals surface area contributed by atoms with E-state index in [1.807, 2.05) is 22.4 Å². The van der Waals surface area contributed by atoms with E-state index >= 15 is 0 Å². The smallest absolute Gasteiger partial charge is 0.276 e. The molecule has 1 atom stereocenters. The molecule has 0 aromatic carbocycles. The third-order valence-electron chi connectivity index (χ3n) is 4.12. The van der Waals surface area contributed by atoms with Gasteiger partial charge in [-0.3, -0.25) is 9.78 Å². The van der Waals surface area contributed by atoms with Crippen molar-refractivity contribution in [3.8, 4) is 11.3 Å². The van der Waals surface area contributed by atoms with E-state index in [0.29, 0.717) is 11.5 Å². The zero-order valence-electron chi connectivity index (χ0n) is 12.4. The van der Waals surface area contributed by atoms with Gasteiger partial charge in [-0.05, 0) is 47.4 Å². The van der Waals surface area contributed by atoms with Crippen LogP contribution in [0, 0.1) is 0 Å². The lowest BCUT2D eigenvalue weighted by molar-refractivity contribution is 0.0725. The average molecular weight is 325 g/mol. The van der Waals surface area contributed by atoms with E-state index in [1.165, 1.54) is 5.56 Å². The zero-order chi connectivity index (χ0) is 15.6. The molecule has 23 heavy (non-hydrogen) atoms. The molecular weight excluding hydrogens is 310 g/mol. The predicted molar refractivity (Wildman–Crippen MR) is 87.1 cm³/mol. The molecule has 0 radical (unpaired) electrons. The monoisotopic (exact) mass is 325 g/mol. The fraction of sp³-hybridized carbons (Fsp3) is 0.235. The van der Waals surface area contributed by atoms with Crippen molar-refractivity contribution in [1.29, 1.82) is 0 Å². The van der Waals surface area contributed by atoms with Gasteiger partial charge in [-0.1, -0.05) is 5.16 Å². The maximum atomic E-state index is 12.8. The Kier molecular flexibility index (Phi) is 3.67. The number of carbonyl (C=O) groups excluding carboxylic acids is 1. The SMILES string of the molecule is O=C(c1cc(-c2cccnc2)on1)N1CCCC1c1ccsc1. The molecule has 0 N–H and O–H groups in total. The van der Waals surface area contributed by atoms with E-state index in [1.54, 1.807) is 29.8 Å². The fourth-order valence-corrected chi connectivity index (χ4v) is 3.70. The maximum Gasteiger partial charge on any atom is 0.276 e. The van der Waals surface area contributed by atoms with Gasteiger partial charge in [0.1, 0.15) is 0 Å². The number of pyridine rings is 1. The molecule has 0 spiro atoms. The number of hydrogen-bond acceptors (Lipinski definition) is 5. The second-order valence-corrected chi connectivity index (χ2v) is 6.31. The summed E-state index contributed by atoms with van der Waals surface area (Å²) in [7, 11) is 0. The molecule has 0 saturated carbocycles. The van der Waals surface area contributed by atoms with Crippen LogP contribution in [0.25, 0.3) is 11.3 Å². The molecule has 1 aliphatic heterocycles. The number of carbonyl (C=O) groups is 1. The van der Waals surface area contributed by atoms with Crippen LogP contribution in [0.4, 0.5) is 0 Å². The van der Waals surface area contributed by atoms with Gasteiger partial charge in [0.2, 0.25) is 0 Å². The van der Waals surface area contributed by atoms with Gasteiger partial charge in [-0.15, -0.1) is 0 Å². The molecule has 116 valence electrons. The molecule has 4 heterocycles. The van der Waals surface area contributed by atoms with E-state index in [0.717, 1.165) is 24.9 Å². The first-order valence-electron chi connectivity index (χ1n) is 7.53. The molecule has 1 amide bonds. The van der Waals surface area contributed by atoms with Crippen molar-refractivity contribution in [3.63, 3.8) is 0 Å². The van der Waals surface area contributed by atoms with Crippen LogP contribution in [-0.2, 0) is 0 Å². The normalized spacial score (nSPS) is 17.6. The lowest BCUT2D eigenvalue weighted by atomic mass is 10.1. The summed E-state index contributed by atoms with van der Waals surface area (Å²) in [5, 5.41) is 8.12. The summed E-state index contributed by atoms with van der Waals surface area (Å²) in [5.74, 6) is 0.491. The Hall–Kier alpha value is -2.47. The molecule has 1 aliphatic rings. The number of thiophene rings is 1. The molecule has 0 aliphatic carbocycles. The number of aromatic nitrogens is 2. The van der Waals surface area contributed by atoms with Crippen LogP contribution in [0.5, 0.6) is 0 Å². The minimum atomic E-state index is -0.0717. The van der Waals surface area contributed by atoms with Gasteiger partial charge in [0.15, 0.2) is 11.5 Å². The summed E-state index contributed by atoms with van der Waals surface area (Å²) in [4.78, 5) is 18.7. The summed E-state index contributed by atoms with van der Waals surface area (Å²) < 4.78 is 5.32. The summed E-state index contributed by atoms with van der Waals surface area (Å²) in [6, 6.07) is 7.64. The highest BCUT2D eigenvalue weighted by molar-refractivity contribution is 7.08. The third-order valence-corrected chi connectivity index (χ3v) is 4.82.